The van der Waals surface area contributed by atoms with Crippen LogP contribution >= 0.6 is 31.9 Å². The fourth-order valence-electron chi connectivity index (χ4n) is 1.84. The molecule has 2 rings (SSSR count). The maximum atomic E-state index is 11.9. The highest BCUT2D eigenvalue weighted by Crippen LogP contribution is 2.31. The van der Waals surface area contributed by atoms with Gasteiger partial charge in [-0.1, -0.05) is 30.3 Å². The van der Waals surface area contributed by atoms with Gasteiger partial charge in [-0.15, -0.1) is 0 Å². The minimum absolute atomic E-state index is 0.0952. The molecule has 122 valence electrons. The molecule has 1 amide bonds. The molecule has 0 spiro atoms. The predicted octanol–water partition coefficient (Wildman–Crippen LogP) is 4.25. The number of ether oxygens (including phenoxy) is 1. The number of alkyl carbamates (subject to hydrolysis) is 1. The molecule has 23 heavy (non-hydrogen) atoms. The number of aliphatic carboxylic acids is 1. The van der Waals surface area contributed by atoms with Crippen molar-refractivity contribution in [1.29, 1.82) is 0 Å². The summed E-state index contributed by atoms with van der Waals surface area (Å²) in [6.45, 7) is 0.0952. The molecule has 0 radical (unpaired) electrons. The normalized spacial score (nSPS) is 11.7. The van der Waals surface area contributed by atoms with E-state index in [1.807, 2.05) is 30.3 Å². The molecular formula is C15H13Br2NO5. The van der Waals surface area contributed by atoms with Gasteiger partial charge in [-0.25, -0.2) is 4.79 Å². The summed E-state index contributed by atoms with van der Waals surface area (Å²) in [6.07, 6.45) is -1.05. The highest BCUT2D eigenvalue weighted by molar-refractivity contribution is 9.13. The zero-order valence-corrected chi connectivity index (χ0v) is 15.0. The molecule has 1 atom stereocenters. The molecule has 0 aliphatic carbocycles. The lowest BCUT2D eigenvalue weighted by Crippen LogP contribution is -2.30. The number of amides is 1. The van der Waals surface area contributed by atoms with Gasteiger partial charge < -0.3 is 19.6 Å². The molecule has 0 aliphatic heterocycles. The summed E-state index contributed by atoms with van der Waals surface area (Å²) in [4.78, 5) is 22.9. The number of hydrogen-bond donors (Lipinski definition) is 2. The molecule has 6 nitrogen and oxygen atoms in total. The highest BCUT2D eigenvalue weighted by Gasteiger charge is 2.23. The zero-order chi connectivity index (χ0) is 16.8. The predicted molar refractivity (Wildman–Crippen MR) is 88.9 cm³/mol. The van der Waals surface area contributed by atoms with Gasteiger partial charge in [-0.2, -0.15) is 0 Å². The third kappa shape index (κ3) is 5.40. The maximum absolute atomic E-state index is 11.9. The fraction of sp³-hybridized carbons (Fsp3) is 0.200. The highest BCUT2D eigenvalue weighted by atomic mass is 79.9. The van der Waals surface area contributed by atoms with Crippen LogP contribution in [0.3, 0.4) is 0 Å². The first kappa shape index (κ1) is 17.6. The third-order valence-corrected chi connectivity index (χ3v) is 4.60. The van der Waals surface area contributed by atoms with E-state index >= 15 is 0 Å². The topological polar surface area (TPSA) is 88.8 Å². The monoisotopic (exact) mass is 445 g/mol. The van der Waals surface area contributed by atoms with Crippen molar-refractivity contribution in [3.8, 4) is 0 Å². The summed E-state index contributed by atoms with van der Waals surface area (Å²) < 4.78 is 11.5. The van der Waals surface area contributed by atoms with Gasteiger partial charge in [0.15, 0.2) is 4.67 Å². The van der Waals surface area contributed by atoms with Crippen LogP contribution in [0.1, 0.15) is 23.8 Å². The van der Waals surface area contributed by atoms with Gasteiger partial charge in [-0.05, 0) is 43.5 Å². The molecule has 1 heterocycles. The minimum atomic E-state index is -1.07. The smallest absolute Gasteiger partial charge is 0.408 e. The molecule has 1 aromatic heterocycles. The third-order valence-electron chi connectivity index (χ3n) is 2.89. The van der Waals surface area contributed by atoms with E-state index in [-0.39, 0.29) is 13.0 Å². The van der Waals surface area contributed by atoms with Crippen molar-refractivity contribution in [2.75, 3.05) is 0 Å². The second-order valence-corrected chi connectivity index (χ2v) is 6.20. The molecule has 2 aromatic rings. The second-order valence-electron chi connectivity index (χ2n) is 4.63. The average molecular weight is 447 g/mol. The van der Waals surface area contributed by atoms with Crippen molar-refractivity contribution < 1.29 is 23.8 Å². The standard InChI is InChI=1S/C15H13Br2NO5/c16-10-6-12(23-14(10)17)11(7-13(19)20)18-15(21)22-8-9-4-2-1-3-5-9/h1-6,11H,7-8H2,(H,18,21)(H,19,20)/t11-/m0/s1. The van der Waals surface area contributed by atoms with E-state index in [2.05, 4.69) is 37.2 Å². The summed E-state index contributed by atoms with van der Waals surface area (Å²) >= 11 is 6.42. The van der Waals surface area contributed by atoms with Gasteiger partial charge in [-0.3, -0.25) is 4.79 Å². The van der Waals surface area contributed by atoms with Crippen molar-refractivity contribution in [1.82, 2.24) is 5.32 Å². The molecule has 0 saturated carbocycles. The number of halogens is 2. The molecule has 0 aliphatic rings. The number of rotatable bonds is 6. The number of benzene rings is 1. The minimum Gasteiger partial charge on any atom is -0.481 e. The molecule has 0 bridgehead atoms. The Labute approximate surface area is 149 Å². The number of nitrogens with one attached hydrogen (secondary N) is 1. The Hall–Kier alpha value is -1.80. The van der Waals surface area contributed by atoms with Crippen molar-refractivity contribution in [2.24, 2.45) is 0 Å². The van der Waals surface area contributed by atoms with Gasteiger partial charge in [0.2, 0.25) is 0 Å². The summed E-state index contributed by atoms with van der Waals surface area (Å²) in [7, 11) is 0. The number of carboxylic acids is 1. The molecule has 0 fully saturated rings. The Morgan fingerprint density at radius 1 is 1.26 bits per heavy atom. The largest absolute Gasteiger partial charge is 0.481 e. The number of furan rings is 1. The van der Waals surface area contributed by atoms with Crippen LogP contribution in [-0.2, 0) is 16.1 Å². The number of carbonyl (C=O) groups excluding carboxylic acids is 1. The first-order valence-corrected chi connectivity index (χ1v) is 8.18. The number of carbonyl (C=O) groups is 2. The van der Waals surface area contributed by atoms with Gasteiger partial charge in [0.1, 0.15) is 18.4 Å². The average Bonchev–Trinajstić information content (AvgIpc) is 2.85. The van der Waals surface area contributed by atoms with Gasteiger partial charge in [0.05, 0.1) is 10.9 Å². The lowest BCUT2D eigenvalue weighted by atomic mass is 10.1. The van der Waals surface area contributed by atoms with Crippen LogP contribution in [0.15, 0.2) is 50.0 Å². The number of hydrogen-bond acceptors (Lipinski definition) is 4. The van der Waals surface area contributed by atoms with E-state index in [4.69, 9.17) is 14.3 Å². The molecule has 2 N–H and O–H groups in total. The lowest BCUT2D eigenvalue weighted by Gasteiger charge is -2.14. The SMILES string of the molecule is O=C(O)C[C@H](NC(=O)OCc1ccccc1)c1cc(Br)c(Br)o1. The Balaban J connectivity index is 1.99. The van der Waals surface area contributed by atoms with Gasteiger partial charge in [0, 0.05) is 0 Å². The van der Waals surface area contributed by atoms with Crippen LogP contribution in [0.2, 0.25) is 0 Å². The Kier molecular flexibility index (Phi) is 6.23. The Morgan fingerprint density at radius 2 is 1.96 bits per heavy atom. The quantitative estimate of drug-likeness (QED) is 0.692. The summed E-state index contributed by atoms with van der Waals surface area (Å²) in [5.41, 5.74) is 0.834. The van der Waals surface area contributed by atoms with E-state index in [9.17, 15) is 9.59 Å². The van der Waals surface area contributed by atoms with E-state index in [1.165, 1.54) is 0 Å². The van der Waals surface area contributed by atoms with E-state index < -0.39 is 18.1 Å². The van der Waals surface area contributed by atoms with Crippen LogP contribution in [0.5, 0.6) is 0 Å². The number of carboxylic acid groups (broad SMARTS) is 1. The van der Waals surface area contributed by atoms with Crippen molar-refractivity contribution >= 4 is 43.9 Å². The lowest BCUT2D eigenvalue weighted by molar-refractivity contribution is -0.137. The van der Waals surface area contributed by atoms with Crippen LogP contribution < -0.4 is 5.32 Å². The first-order valence-electron chi connectivity index (χ1n) is 6.59. The van der Waals surface area contributed by atoms with E-state index in [0.29, 0.717) is 14.9 Å². The summed E-state index contributed by atoms with van der Waals surface area (Å²) in [5.74, 6) is -0.759. The Morgan fingerprint density at radius 3 is 2.52 bits per heavy atom. The van der Waals surface area contributed by atoms with Crippen molar-refractivity contribution in [3.05, 3.63) is 56.9 Å². The van der Waals surface area contributed by atoms with E-state index in [1.54, 1.807) is 6.07 Å². The summed E-state index contributed by atoms with van der Waals surface area (Å²) in [6, 6.07) is 9.93. The van der Waals surface area contributed by atoms with Gasteiger partial charge in [0.25, 0.3) is 0 Å². The van der Waals surface area contributed by atoms with Gasteiger partial charge >= 0.3 is 12.1 Å². The molecular weight excluding hydrogens is 434 g/mol. The van der Waals surface area contributed by atoms with Crippen LogP contribution in [0.4, 0.5) is 4.79 Å². The van der Waals surface area contributed by atoms with Crippen LogP contribution in [-0.4, -0.2) is 17.2 Å². The second kappa shape index (κ2) is 8.16. The molecule has 0 saturated heterocycles. The van der Waals surface area contributed by atoms with Crippen LogP contribution in [0, 0.1) is 0 Å². The summed E-state index contributed by atoms with van der Waals surface area (Å²) in [5, 5.41) is 11.5. The maximum Gasteiger partial charge on any atom is 0.408 e. The fourth-order valence-corrected chi connectivity index (χ4v) is 2.45. The zero-order valence-electron chi connectivity index (χ0n) is 11.8. The van der Waals surface area contributed by atoms with Crippen LogP contribution in [0.25, 0.3) is 0 Å². The van der Waals surface area contributed by atoms with Crippen molar-refractivity contribution in [3.63, 3.8) is 0 Å². The Bertz CT molecular complexity index is 667. The van der Waals surface area contributed by atoms with E-state index in [0.717, 1.165) is 5.56 Å². The van der Waals surface area contributed by atoms with Crippen molar-refractivity contribution in [2.45, 2.75) is 19.1 Å². The molecule has 8 heteroatoms. The molecule has 1 aromatic carbocycles. The molecule has 0 unspecified atom stereocenters. The first-order chi connectivity index (χ1) is 11.0.